The molecule has 0 bridgehead atoms. The lowest BCUT2D eigenvalue weighted by Crippen LogP contribution is -2.47. The Kier molecular flexibility index (Phi) is 6.08. The Balaban J connectivity index is 0.00000225. The zero-order valence-corrected chi connectivity index (χ0v) is 15.3. The molecule has 0 radical (unpaired) electrons. The van der Waals surface area contributed by atoms with Gasteiger partial charge >= 0.3 is 5.97 Å². The Morgan fingerprint density at radius 2 is 2.08 bits per heavy atom. The van der Waals surface area contributed by atoms with Gasteiger partial charge in [0.25, 0.3) is 0 Å². The van der Waals surface area contributed by atoms with E-state index in [1.807, 2.05) is 0 Å². The van der Waals surface area contributed by atoms with Gasteiger partial charge in [0.05, 0.1) is 13.2 Å². The minimum Gasteiger partial charge on any atom is -0.464 e. The van der Waals surface area contributed by atoms with E-state index < -0.39 is 12.1 Å². The van der Waals surface area contributed by atoms with Crippen LogP contribution in [0.15, 0.2) is 0 Å². The van der Waals surface area contributed by atoms with Crippen molar-refractivity contribution in [3.63, 3.8) is 0 Å². The second-order valence-corrected chi connectivity index (χ2v) is 6.64. The van der Waals surface area contributed by atoms with Crippen LogP contribution in [-0.2, 0) is 29.5 Å². The van der Waals surface area contributed by atoms with Gasteiger partial charge in [0.2, 0.25) is 5.91 Å². The smallest absolute Gasteiger partial charge is 0.358 e. The molecular weight excluding hydrogens is 348 g/mol. The number of hydrogen-bond donors (Lipinski definition) is 2. The number of ether oxygens (including phenoxy) is 1. The van der Waals surface area contributed by atoms with Crippen LogP contribution in [0.4, 0.5) is 0 Å². The molecule has 25 heavy (non-hydrogen) atoms. The lowest BCUT2D eigenvalue weighted by atomic mass is 9.83. The summed E-state index contributed by atoms with van der Waals surface area (Å²) in [5.41, 5.74) is 7.92. The summed E-state index contributed by atoms with van der Waals surface area (Å²) in [5, 5.41) is 14.0. The van der Waals surface area contributed by atoms with Crippen molar-refractivity contribution in [2.75, 3.05) is 13.7 Å². The van der Waals surface area contributed by atoms with E-state index in [9.17, 15) is 14.7 Å². The second-order valence-electron chi connectivity index (χ2n) is 6.64. The molecule has 1 aromatic heterocycles. The van der Waals surface area contributed by atoms with Crippen LogP contribution in [0.3, 0.4) is 0 Å². The Morgan fingerprint density at radius 1 is 1.36 bits per heavy atom. The number of esters is 1. The van der Waals surface area contributed by atoms with Gasteiger partial charge in [0, 0.05) is 49.8 Å². The van der Waals surface area contributed by atoms with Crippen LogP contribution in [-0.4, -0.2) is 57.5 Å². The third kappa shape index (κ3) is 3.65. The van der Waals surface area contributed by atoms with Gasteiger partial charge in [-0.2, -0.15) is 5.10 Å². The van der Waals surface area contributed by atoms with Crippen LogP contribution in [0.1, 0.15) is 41.0 Å². The Labute approximate surface area is 152 Å². The number of nitrogens with zero attached hydrogens (tertiary/aromatic N) is 3. The number of aryl methyl sites for hydroxylation is 1. The van der Waals surface area contributed by atoms with Crippen LogP contribution < -0.4 is 5.73 Å². The predicted octanol–water partition coefficient (Wildman–Crippen LogP) is 0.00150. The van der Waals surface area contributed by atoms with Crippen LogP contribution >= 0.6 is 12.4 Å². The topological polar surface area (TPSA) is 111 Å². The number of rotatable bonds is 2. The number of aliphatic hydroxyl groups is 1. The zero-order chi connectivity index (χ0) is 17.4. The van der Waals surface area contributed by atoms with Crippen LogP contribution in [0, 0.1) is 5.92 Å². The molecule has 0 spiro atoms. The van der Waals surface area contributed by atoms with Gasteiger partial charge < -0.3 is 20.5 Å². The molecule has 2 heterocycles. The predicted molar refractivity (Wildman–Crippen MR) is 92.2 cm³/mol. The van der Waals surface area contributed by atoms with Crippen molar-refractivity contribution in [1.29, 1.82) is 0 Å². The fourth-order valence-corrected chi connectivity index (χ4v) is 3.71. The molecule has 8 nitrogen and oxygen atoms in total. The third-order valence-electron chi connectivity index (χ3n) is 5.14. The highest BCUT2D eigenvalue weighted by Gasteiger charge is 2.36. The lowest BCUT2D eigenvalue weighted by molar-refractivity contribution is -0.138. The molecule has 1 saturated carbocycles. The van der Waals surface area contributed by atoms with Crippen LogP contribution in [0.2, 0.25) is 0 Å². The Hall–Kier alpha value is -1.64. The minimum absolute atomic E-state index is 0. The summed E-state index contributed by atoms with van der Waals surface area (Å²) in [6.45, 7) is 0.959. The molecule has 1 aliphatic carbocycles. The van der Waals surface area contributed by atoms with E-state index in [0.29, 0.717) is 38.8 Å². The first-order valence-corrected chi connectivity index (χ1v) is 8.27. The SMILES string of the molecule is COC(=O)c1nn(C)c2c1CN(C(=O)[C@H]1CC[C@@H](O)[C@H](N)C1)CC2.Cl. The first kappa shape index (κ1) is 19.7. The maximum absolute atomic E-state index is 12.8. The number of aliphatic hydroxyl groups excluding tert-OH is 1. The molecule has 0 aromatic carbocycles. The van der Waals surface area contributed by atoms with E-state index in [0.717, 1.165) is 11.3 Å². The molecule has 0 saturated heterocycles. The van der Waals surface area contributed by atoms with E-state index in [1.54, 1.807) is 16.6 Å². The van der Waals surface area contributed by atoms with E-state index in [4.69, 9.17) is 10.5 Å². The van der Waals surface area contributed by atoms with Crippen molar-refractivity contribution < 1.29 is 19.4 Å². The first-order chi connectivity index (χ1) is 11.4. The molecular formula is C16H25ClN4O4. The maximum Gasteiger partial charge on any atom is 0.358 e. The fourth-order valence-electron chi connectivity index (χ4n) is 3.71. The number of nitrogens with two attached hydrogens (primary N) is 1. The monoisotopic (exact) mass is 372 g/mol. The molecule has 1 amide bonds. The van der Waals surface area contributed by atoms with Crippen molar-refractivity contribution >= 4 is 24.3 Å². The van der Waals surface area contributed by atoms with Crippen molar-refractivity contribution in [3.8, 4) is 0 Å². The normalized spacial score (nSPS) is 25.8. The quantitative estimate of drug-likeness (QED) is 0.707. The second kappa shape index (κ2) is 7.72. The maximum atomic E-state index is 12.8. The lowest BCUT2D eigenvalue weighted by Gasteiger charge is -2.35. The summed E-state index contributed by atoms with van der Waals surface area (Å²) in [7, 11) is 3.12. The van der Waals surface area contributed by atoms with Crippen molar-refractivity contribution in [1.82, 2.24) is 14.7 Å². The average Bonchev–Trinajstić information content (AvgIpc) is 2.92. The number of carbonyl (C=O) groups excluding carboxylic acids is 2. The summed E-state index contributed by atoms with van der Waals surface area (Å²) < 4.78 is 6.48. The van der Waals surface area contributed by atoms with Crippen LogP contribution in [0.25, 0.3) is 0 Å². The van der Waals surface area contributed by atoms with Gasteiger partial charge in [0.15, 0.2) is 5.69 Å². The highest BCUT2D eigenvalue weighted by atomic mass is 35.5. The fraction of sp³-hybridized carbons (Fsp3) is 0.688. The molecule has 3 N–H and O–H groups in total. The number of methoxy groups -OCH3 is 1. The Morgan fingerprint density at radius 3 is 2.72 bits per heavy atom. The van der Waals surface area contributed by atoms with Crippen molar-refractivity contribution in [3.05, 3.63) is 17.0 Å². The number of halogens is 1. The van der Waals surface area contributed by atoms with Crippen LogP contribution in [0.5, 0.6) is 0 Å². The molecule has 1 aliphatic heterocycles. The highest BCUT2D eigenvalue weighted by molar-refractivity contribution is 5.89. The molecule has 1 fully saturated rings. The standard InChI is InChI=1S/C16H24N4O4.ClH/c1-19-12-5-6-20(8-10(12)14(18-19)16(23)24-2)15(22)9-3-4-13(21)11(17)7-9;/h9,11,13,21H,3-8,17H2,1-2H3;1H/t9-,11+,13+;/m0./s1. The molecule has 2 aliphatic rings. The first-order valence-electron chi connectivity index (χ1n) is 8.27. The average molecular weight is 373 g/mol. The highest BCUT2D eigenvalue weighted by Crippen LogP contribution is 2.29. The number of aromatic nitrogens is 2. The van der Waals surface area contributed by atoms with Crippen molar-refractivity contribution in [2.24, 2.45) is 18.7 Å². The molecule has 3 atom stereocenters. The summed E-state index contributed by atoms with van der Waals surface area (Å²) >= 11 is 0. The molecule has 9 heteroatoms. The van der Waals surface area contributed by atoms with Gasteiger partial charge in [-0.1, -0.05) is 0 Å². The minimum atomic E-state index is -0.522. The molecule has 1 aromatic rings. The molecule has 140 valence electrons. The van der Waals surface area contributed by atoms with Gasteiger partial charge in [-0.15, -0.1) is 12.4 Å². The summed E-state index contributed by atoms with van der Waals surface area (Å²) in [5.74, 6) is -0.602. The van der Waals surface area contributed by atoms with E-state index in [2.05, 4.69) is 5.10 Å². The van der Waals surface area contributed by atoms with Crippen molar-refractivity contribution in [2.45, 2.75) is 44.4 Å². The Bertz CT molecular complexity index is 663. The van der Waals surface area contributed by atoms with E-state index in [-0.39, 0.29) is 36.0 Å². The van der Waals surface area contributed by atoms with E-state index >= 15 is 0 Å². The van der Waals surface area contributed by atoms with Gasteiger partial charge in [-0.05, 0) is 19.3 Å². The summed E-state index contributed by atoms with van der Waals surface area (Å²) in [4.78, 5) is 26.5. The summed E-state index contributed by atoms with van der Waals surface area (Å²) in [6.07, 6.45) is 1.83. The van der Waals surface area contributed by atoms with E-state index in [1.165, 1.54) is 7.11 Å². The summed E-state index contributed by atoms with van der Waals surface area (Å²) in [6, 6.07) is -0.350. The van der Waals surface area contributed by atoms with Gasteiger partial charge in [-0.3, -0.25) is 9.48 Å². The molecule has 0 unspecified atom stereocenters. The number of carbonyl (C=O) groups is 2. The van der Waals surface area contributed by atoms with Gasteiger partial charge in [0.1, 0.15) is 0 Å². The third-order valence-corrected chi connectivity index (χ3v) is 5.14. The molecule has 3 rings (SSSR count). The number of fused-ring (bicyclic) bond motifs is 1. The number of hydrogen-bond acceptors (Lipinski definition) is 6. The zero-order valence-electron chi connectivity index (χ0n) is 14.5. The largest absolute Gasteiger partial charge is 0.464 e. The van der Waals surface area contributed by atoms with Gasteiger partial charge in [-0.25, -0.2) is 4.79 Å². The number of amides is 1.